The number of hydrogen-bond acceptors (Lipinski definition) is 2. The van der Waals surface area contributed by atoms with E-state index < -0.39 is 0 Å². The van der Waals surface area contributed by atoms with Gasteiger partial charge in [-0.3, -0.25) is 0 Å². The van der Waals surface area contributed by atoms with Gasteiger partial charge in [0, 0.05) is 21.8 Å². The summed E-state index contributed by atoms with van der Waals surface area (Å²) in [6.07, 6.45) is 0. The first-order chi connectivity index (χ1) is 16.3. The molecule has 0 atom stereocenters. The first-order valence-corrected chi connectivity index (χ1v) is 11.9. The Bertz CT molecular complexity index is 1500. The largest absolute Gasteiger partial charge is 0.494 e. The van der Waals surface area contributed by atoms with E-state index in [-0.39, 0.29) is 18.3 Å². The summed E-state index contributed by atoms with van der Waals surface area (Å²) in [5, 5.41) is 2.47. The van der Waals surface area contributed by atoms with E-state index in [1.807, 2.05) is 0 Å². The Kier molecular flexibility index (Phi) is 4.74. The second kappa shape index (κ2) is 7.59. The first kappa shape index (κ1) is 21.2. The van der Waals surface area contributed by atoms with E-state index in [1.54, 1.807) is 0 Å². The summed E-state index contributed by atoms with van der Waals surface area (Å²) in [6, 6.07) is 32.2. The lowest BCUT2D eigenvalue weighted by atomic mass is 9.78. The van der Waals surface area contributed by atoms with Crippen molar-refractivity contribution in [2.45, 2.75) is 38.9 Å². The maximum absolute atomic E-state index is 6.32. The van der Waals surface area contributed by atoms with Crippen molar-refractivity contribution in [3.05, 3.63) is 91.0 Å². The molecule has 1 saturated heterocycles. The van der Waals surface area contributed by atoms with Gasteiger partial charge in [-0.25, -0.2) is 0 Å². The van der Waals surface area contributed by atoms with E-state index in [2.05, 4.69) is 124 Å². The average Bonchev–Trinajstić information content (AvgIpc) is 3.32. The molecule has 0 spiro atoms. The molecule has 2 heterocycles. The number of nitrogens with one attached hydrogen (secondary N) is 1. The molecule has 1 N–H and O–H groups in total. The minimum absolute atomic E-state index is 0.363. The highest BCUT2D eigenvalue weighted by atomic mass is 16.7. The lowest BCUT2D eigenvalue weighted by molar-refractivity contribution is 0.00578. The van der Waals surface area contributed by atoms with Gasteiger partial charge in [-0.2, -0.15) is 0 Å². The quantitative estimate of drug-likeness (QED) is 0.305. The smallest absolute Gasteiger partial charge is 0.399 e. The zero-order valence-electron chi connectivity index (χ0n) is 20.1. The minimum Gasteiger partial charge on any atom is -0.399 e. The Morgan fingerprint density at radius 3 is 2.09 bits per heavy atom. The van der Waals surface area contributed by atoms with Gasteiger partial charge >= 0.3 is 7.12 Å². The van der Waals surface area contributed by atoms with Crippen molar-refractivity contribution in [2.75, 3.05) is 0 Å². The predicted octanol–water partition coefficient (Wildman–Crippen LogP) is 6.95. The third kappa shape index (κ3) is 3.37. The lowest BCUT2D eigenvalue weighted by Crippen LogP contribution is -2.41. The van der Waals surface area contributed by atoms with Crippen LogP contribution in [0.15, 0.2) is 91.0 Å². The predicted molar refractivity (Wildman–Crippen MR) is 142 cm³/mol. The fourth-order valence-electron chi connectivity index (χ4n) is 4.83. The van der Waals surface area contributed by atoms with Crippen molar-refractivity contribution >= 4 is 34.4 Å². The molecule has 0 saturated carbocycles. The molecule has 1 aliphatic heterocycles. The molecule has 1 aliphatic rings. The lowest BCUT2D eigenvalue weighted by Gasteiger charge is -2.32. The minimum atomic E-state index is -0.378. The highest BCUT2D eigenvalue weighted by molar-refractivity contribution is 6.62. The summed E-state index contributed by atoms with van der Waals surface area (Å²) in [4.78, 5) is 3.61. The van der Waals surface area contributed by atoms with E-state index in [1.165, 1.54) is 27.5 Å². The van der Waals surface area contributed by atoms with E-state index in [0.29, 0.717) is 0 Å². The van der Waals surface area contributed by atoms with Gasteiger partial charge < -0.3 is 14.3 Å². The third-order valence-electron chi connectivity index (χ3n) is 7.45. The van der Waals surface area contributed by atoms with Gasteiger partial charge in [0.2, 0.25) is 0 Å². The Labute approximate surface area is 200 Å². The number of hydrogen-bond donors (Lipinski definition) is 1. The Hall–Kier alpha value is -3.34. The van der Waals surface area contributed by atoms with Gasteiger partial charge in [-0.1, -0.05) is 72.8 Å². The van der Waals surface area contributed by atoms with Crippen molar-refractivity contribution in [3.63, 3.8) is 0 Å². The number of rotatable bonds is 3. The molecule has 4 aromatic carbocycles. The fraction of sp³-hybridized carbons (Fsp3) is 0.200. The Morgan fingerprint density at radius 2 is 1.32 bits per heavy atom. The van der Waals surface area contributed by atoms with Crippen molar-refractivity contribution in [3.8, 4) is 22.3 Å². The van der Waals surface area contributed by atoms with Gasteiger partial charge in [0.1, 0.15) is 0 Å². The molecular formula is C30H28BNO2. The van der Waals surface area contributed by atoms with Crippen LogP contribution in [-0.4, -0.2) is 23.3 Å². The van der Waals surface area contributed by atoms with Crippen LogP contribution in [0.2, 0.25) is 0 Å². The fourth-order valence-corrected chi connectivity index (χ4v) is 4.83. The molecule has 0 unspecified atom stereocenters. The van der Waals surface area contributed by atoms with E-state index >= 15 is 0 Å². The molecule has 0 amide bonds. The molecule has 6 rings (SSSR count). The van der Waals surface area contributed by atoms with Gasteiger partial charge in [-0.05, 0) is 73.6 Å². The molecule has 3 nitrogen and oxygen atoms in total. The summed E-state index contributed by atoms with van der Waals surface area (Å²) in [6.45, 7) is 8.36. The van der Waals surface area contributed by atoms with Crippen LogP contribution in [0.4, 0.5) is 0 Å². The Morgan fingerprint density at radius 1 is 0.618 bits per heavy atom. The molecule has 0 aliphatic carbocycles. The first-order valence-electron chi connectivity index (χ1n) is 11.9. The standard InChI is InChI=1S/C30H28BNO2/c1-29(2)30(3,4)34-31(33-29)23-13-8-12-22(18-23)24-14-9-15-27-28(24)25-19-21(16-17-26(25)32-27)20-10-6-5-7-11-20/h5-19,32H,1-4H3. The van der Waals surface area contributed by atoms with Crippen LogP contribution < -0.4 is 5.46 Å². The summed E-state index contributed by atoms with van der Waals surface area (Å²) >= 11 is 0. The second-order valence-electron chi connectivity index (χ2n) is 10.2. The molecule has 34 heavy (non-hydrogen) atoms. The number of aromatic amines is 1. The molecule has 0 radical (unpaired) electrons. The summed E-state index contributed by atoms with van der Waals surface area (Å²) in [5.74, 6) is 0. The van der Waals surface area contributed by atoms with Crippen LogP contribution in [0, 0.1) is 0 Å². The average molecular weight is 445 g/mol. The number of aromatic nitrogens is 1. The van der Waals surface area contributed by atoms with Crippen molar-refractivity contribution in [1.29, 1.82) is 0 Å². The molecule has 0 bridgehead atoms. The van der Waals surface area contributed by atoms with Crippen LogP contribution in [-0.2, 0) is 9.31 Å². The summed E-state index contributed by atoms with van der Waals surface area (Å²) in [5.41, 5.74) is 7.39. The second-order valence-corrected chi connectivity index (χ2v) is 10.2. The van der Waals surface area contributed by atoms with Crippen molar-refractivity contribution in [2.24, 2.45) is 0 Å². The Balaban J connectivity index is 1.49. The number of H-pyrrole nitrogens is 1. The SMILES string of the molecule is CC1(C)OB(c2cccc(-c3cccc4[nH]c5ccc(-c6ccccc6)cc5c34)c2)OC1(C)C. The molecule has 4 heteroatoms. The molecule has 5 aromatic rings. The topological polar surface area (TPSA) is 34.2 Å². The van der Waals surface area contributed by atoms with Gasteiger partial charge in [-0.15, -0.1) is 0 Å². The maximum Gasteiger partial charge on any atom is 0.494 e. The van der Waals surface area contributed by atoms with Gasteiger partial charge in [0.15, 0.2) is 0 Å². The highest BCUT2D eigenvalue weighted by Gasteiger charge is 2.51. The van der Waals surface area contributed by atoms with Crippen molar-refractivity contribution in [1.82, 2.24) is 4.98 Å². The van der Waals surface area contributed by atoms with Gasteiger partial charge in [0.25, 0.3) is 0 Å². The van der Waals surface area contributed by atoms with Crippen LogP contribution >= 0.6 is 0 Å². The third-order valence-corrected chi connectivity index (χ3v) is 7.45. The van der Waals surface area contributed by atoms with E-state index in [4.69, 9.17) is 9.31 Å². The molecular weight excluding hydrogens is 417 g/mol. The van der Waals surface area contributed by atoms with Crippen LogP contribution in [0.1, 0.15) is 27.7 Å². The maximum atomic E-state index is 6.32. The summed E-state index contributed by atoms with van der Waals surface area (Å²) < 4.78 is 12.6. The molecule has 1 fully saturated rings. The monoisotopic (exact) mass is 445 g/mol. The zero-order valence-corrected chi connectivity index (χ0v) is 20.1. The molecule has 1 aromatic heterocycles. The number of fused-ring (bicyclic) bond motifs is 3. The van der Waals surface area contributed by atoms with Crippen molar-refractivity contribution < 1.29 is 9.31 Å². The summed E-state index contributed by atoms with van der Waals surface area (Å²) in [7, 11) is -0.378. The zero-order chi connectivity index (χ0) is 23.5. The van der Waals surface area contributed by atoms with Crippen LogP contribution in [0.25, 0.3) is 44.1 Å². The highest BCUT2D eigenvalue weighted by Crippen LogP contribution is 2.38. The van der Waals surface area contributed by atoms with Crippen LogP contribution in [0.5, 0.6) is 0 Å². The number of benzene rings is 4. The normalized spacial score (nSPS) is 17.0. The van der Waals surface area contributed by atoms with E-state index in [9.17, 15) is 0 Å². The molecule has 168 valence electrons. The van der Waals surface area contributed by atoms with E-state index in [0.717, 1.165) is 22.1 Å². The van der Waals surface area contributed by atoms with Gasteiger partial charge in [0.05, 0.1) is 11.2 Å². The van der Waals surface area contributed by atoms with Crippen LogP contribution in [0.3, 0.4) is 0 Å².